The molecule has 0 amide bonds. The second kappa shape index (κ2) is 7.39. The highest BCUT2D eigenvalue weighted by Crippen LogP contribution is 2.37. The van der Waals surface area contributed by atoms with E-state index in [4.69, 9.17) is 4.43 Å². The highest BCUT2D eigenvalue weighted by atomic mass is 28.4. The van der Waals surface area contributed by atoms with Crippen molar-refractivity contribution in [1.29, 1.82) is 0 Å². The molecule has 142 valence electrons. The summed E-state index contributed by atoms with van der Waals surface area (Å²) in [5.74, 6) is -0.280. The maximum Gasteiger partial charge on any atom is 0.295 e. The van der Waals surface area contributed by atoms with E-state index in [2.05, 4.69) is 70.2 Å². The van der Waals surface area contributed by atoms with Crippen molar-refractivity contribution in [3.8, 4) is 5.69 Å². The molecule has 0 N–H and O–H groups in total. The van der Waals surface area contributed by atoms with Gasteiger partial charge in [-0.2, -0.15) is 5.10 Å². The summed E-state index contributed by atoms with van der Waals surface area (Å²) in [5.41, 5.74) is 4.42. The molecule has 0 radical (unpaired) electrons. The normalized spacial score (nSPS) is 13.5. The van der Waals surface area contributed by atoms with Gasteiger partial charge in [-0.25, -0.2) is 4.68 Å². The van der Waals surface area contributed by atoms with Crippen LogP contribution in [-0.2, 0) is 15.6 Å². The second-order valence-electron chi connectivity index (χ2n) is 8.79. The summed E-state index contributed by atoms with van der Waals surface area (Å²) in [6.07, 6.45) is 2.51. The van der Waals surface area contributed by atoms with Crippen molar-refractivity contribution in [3.05, 3.63) is 47.3 Å². The summed E-state index contributed by atoms with van der Waals surface area (Å²) >= 11 is 0. The number of hydrogen-bond donors (Lipinski definition) is 0. The molecule has 2 rings (SSSR count). The Hall–Kier alpha value is -1.88. The van der Waals surface area contributed by atoms with Gasteiger partial charge in [-0.3, -0.25) is 4.79 Å². The lowest BCUT2D eigenvalue weighted by molar-refractivity contribution is -0.139. The van der Waals surface area contributed by atoms with Crippen LogP contribution in [0.1, 0.15) is 44.5 Å². The fourth-order valence-electron chi connectivity index (χ4n) is 2.51. The molecule has 5 heteroatoms. The van der Waals surface area contributed by atoms with Gasteiger partial charge in [0.15, 0.2) is 0 Å². The van der Waals surface area contributed by atoms with Gasteiger partial charge in [0.25, 0.3) is 14.3 Å². The van der Waals surface area contributed by atoms with Crippen molar-refractivity contribution in [2.24, 2.45) is 5.92 Å². The topological polar surface area (TPSA) is 44.1 Å². The van der Waals surface area contributed by atoms with Gasteiger partial charge < -0.3 is 4.43 Å². The SMILES string of the molecule is Cc1ccc(-n2ncc(C[C@@H](C)C(=O)O[Si](C)(C)C(C)(C)C)c2C)cc1. The molecule has 0 fully saturated rings. The lowest BCUT2D eigenvalue weighted by Gasteiger charge is -2.36. The Kier molecular flexibility index (Phi) is 5.81. The van der Waals surface area contributed by atoms with Crippen LogP contribution in [0.15, 0.2) is 30.5 Å². The van der Waals surface area contributed by atoms with Crippen LogP contribution >= 0.6 is 0 Å². The van der Waals surface area contributed by atoms with Gasteiger partial charge in [0.1, 0.15) is 0 Å². The lowest BCUT2D eigenvalue weighted by Crippen LogP contribution is -2.44. The maximum atomic E-state index is 12.6. The van der Waals surface area contributed by atoms with Gasteiger partial charge in [0, 0.05) is 5.69 Å². The van der Waals surface area contributed by atoms with Gasteiger partial charge in [0.05, 0.1) is 17.8 Å². The monoisotopic (exact) mass is 372 g/mol. The smallest absolute Gasteiger partial charge is 0.295 e. The van der Waals surface area contributed by atoms with E-state index in [1.165, 1.54) is 5.56 Å². The summed E-state index contributed by atoms with van der Waals surface area (Å²) in [6.45, 7) is 16.7. The van der Waals surface area contributed by atoms with Crippen molar-refractivity contribution in [2.75, 3.05) is 0 Å². The molecule has 2 aromatic rings. The lowest BCUT2D eigenvalue weighted by atomic mass is 10.0. The molecule has 26 heavy (non-hydrogen) atoms. The Morgan fingerprint density at radius 2 is 1.77 bits per heavy atom. The fourth-order valence-corrected chi connectivity index (χ4v) is 3.52. The predicted octanol–water partition coefficient (Wildman–Crippen LogP) is 5.22. The van der Waals surface area contributed by atoms with Crippen LogP contribution in [0.25, 0.3) is 5.69 Å². The summed E-state index contributed by atoms with van der Waals surface area (Å²) in [7, 11) is -2.08. The number of hydrogen-bond acceptors (Lipinski definition) is 3. The Balaban J connectivity index is 2.11. The van der Waals surface area contributed by atoms with E-state index in [-0.39, 0.29) is 16.9 Å². The van der Waals surface area contributed by atoms with Crippen molar-refractivity contribution in [2.45, 2.75) is 66.1 Å². The third-order valence-corrected chi connectivity index (χ3v) is 9.80. The zero-order chi connectivity index (χ0) is 19.7. The first kappa shape index (κ1) is 20.4. The Labute approximate surface area is 158 Å². The highest BCUT2D eigenvalue weighted by molar-refractivity contribution is 6.75. The Morgan fingerprint density at radius 1 is 1.19 bits per heavy atom. The largest absolute Gasteiger partial charge is 0.519 e. The first-order valence-corrected chi connectivity index (χ1v) is 12.2. The van der Waals surface area contributed by atoms with Crippen LogP contribution in [0.4, 0.5) is 0 Å². The molecule has 0 bridgehead atoms. The van der Waals surface area contributed by atoms with Crippen molar-refractivity contribution in [1.82, 2.24) is 9.78 Å². The Bertz CT molecular complexity index is 770. The van der Waals surface area contributed by atoms with Gasteiger partial charge in [-0.05, 0) is 56.1 Å². The molecule has 0 saturated carbocycles. The first-order valence-electron chi connectivity index (χ1n) is 9.26. The average Bonchev–Trinajstić information content (AvgIpc) is 2.87. The molecule has 0 aliphatic rings. The number of aryl methyl sites for hydroxylation is 1. The van der Waals surface area contributed by atoms with Crippen LogP contribution in [-0.4, -0.2) is 24.1 Å². The third-order valence-electron chi connectivity index (χ3n) is 5.48. The molecule has 1 heterocycles. The highest BCUT2D eigenvalue weighted by Gasteiger charge is 2.41. The van der Waals surface area contributed by atoms with Crippen molar-refractivity contribution < 1.29 is 9.22 Å². The molecule has 0 unspecified atom stereocenters. The van der Waals surface area contributed by atoms with E-state index in [0.29, 0.717) is 6.42 Å². The number of rotatable bonds is 5. The van der Waals surface area contributed by atoms with E-state index in [1.807, 2.05) is 24.7 Å². The first-order chi connectivity index (χ1) is 11.9. The fraction of sp³-hybridized carbons (Fsp3) is 0.524. The molecule has 1 aromatic heterocycles. The molecule has 0 saturated heterocycles. The van der Waals surface area contributed by atoms with E-state index in [1.54, 1.807) is 0 Å². The van der Waals surface area contributed by atoms with Crippen molar-refractivity contribution in [3.63, 3.8) is 0 Å². The predicted molar refractivity (Wildman–Crippen MR) is 109 cm³/mol. The van der Waals surface area contributed by atoms with Gasteiger partial charge >= 0.3 is 0 Å². The minimum atomic E-state index is -2.08. The molecule has 0 spiro atoms. The number of aromatic nitrogens is 2. The number of carbonyl (C=O) groups is 1. The minimum Gasteiger partial charge on any atom is -0.519 e. The van der Waals surface area contributed by atoms with E-state index >= 15 is 0 Å². The third kappa shape index (κ3) is 4.44. The van der Waals surface area contributed by atoms with Gasteiger partial charge in [-0.15, -0.1) is 0 Å². The summed E-state index contributed by atoms with van der Waals surface area (Å²) in [4.78, 5) is 12.6. The molecule has 0 aliphatic carbocycles. The molecule has 4 nitrogen and oxygen atoms in total. The average molecular weight is 373 g/mol. The minimum absolute atomic E-state index is 0.0224. The molecular weight excluding hydrogens is 340 g/mol. The van der Waals surface area contributed by atoms with Crippen LogP contribution < -0.4 is 0 Å². The molecule has 0 aliphatic heterocycles. The van der Waals surface area contributed by atoms with Gasteiger partial charge in [-0.1, -0.05) is 45.4 Å². The van der Waals surface area contributed by atoms with Crippen LogP contribution in [0, 0.1) is 19.8 Å². The molecule has 1 atom stereocenters. The Morgan fingerprint density at radius 3 is 2.31 bits per heavy atom. The van der Waals surface area contributed by atoms with E-state index in [9.17, 15) is 4.79 Å². The summed E-state index contributed by atoms with van der Waals surface area (Å²) < 4.78 is 7.88. The van der Waals surface area contributed by atoms with Crippen LogP contribution in [0.5, 0.6) is 0 Å². The summed E-state index contributed by atoms with van der Waals surface area (Å²) in [6, 6.07) is 8.28. The zero-order valence-electron chi connectivity index (χ0n) is 17.4. The van der Waals surface area contributed by atoms with Crippen LogP contribution in [0.2, 0.25) is 18.1 Å². The summed E-state index contributed by atoms with van der Waals surface area (Å²) in [5, 5.41) is 4.54. The number of nitrogens with zero attached hydrogens (tertiary/aromatic N) is 2. The van der Waals surface area contributed by atoms with E-state index in [0.717, 1.165) is 16.9 Å². The van der Waals surface area contributed by atoms with Crippen molar-refractivity contribution >= 4 is 14.3 Å². The van der Waals surface area contributed by atoms with E-state index < -0.39 is 8.32 Å². The molecule has 1 aromatic carbocycles. The number of benzene rings is 1. The zero-order valence-corrected chi connectivity index (χ0v) is 18.4. The maximum absolute atomic E-state index is 12.6. The van der Waals surface area contributed by atoms with Gasteiger partial charge in [0.2, 0.25) is 0 Å². The van der Waals surface area contributed by atoms with Crippen LogP contribution in [0.3, 0.4) is 0 Å². The second-order valence-corrected chi connectivity index (χ2v) is 13.5. The standard InChI is InChI=1S/C21H32N2O2Si/c1-15-9-11-19(12-10-15)23-17(3)18(14-22-23)13-16(2)20(24)25-26(7,8)21(4,5)6/h9-12,14,16H,13H2,1-8H3/t16-/m1/s1. The quantitative estimate of drug-likeness (QED) is 0.676. The molecular formula is C21H32N2O2Si. The number of carbonyl (C=O) groups excluding carboxylic acids is 1.